The molecule has 144 valence electrons. The fourth-order valence-electron chi connectivity index (χ4n) is 4.19. The Morgan fingerprint density at radius 2 is 1.70 bits per heavy atom. The first kappa shape index (κ1) is 20.3. The topological polar surface area (TPSA) is 17.3 Å². The summed E-state index contributed by atoms with van der Waals surface area (Å²) in [6, 6.07) is 16.5. The van der Waals surface area contributed by atoms with E-state index in [1.165, 1.54) is 41.3 Å². The maximum absolute atomic E-state index is 4.90. The maximum Gasteiger partial charge on any atom is 0.185 e. The van der Waals surface area contributed by atoms with Crippen LogP contribution in [-0.4, -0.2) is 10.6 Å². The summed E-state index contributed by atoms with van der Waals surface area (Å²) in [5.41, 5.74) is 3.07. The molecule has 0 atom stereocenters. The lowest BCUT2D eigenvalue weighted by molar-refractivity contribution is 0.278. The summed E-state index contributed by atoms with van der Waals surface area (Å²) in [6.07, 6.45) is 3.77. The summed E-state index contributed by atoms with van der Waals surface area (Å²) in [7, 11) is 0. The molecule has 1 aliphatic rings. The van der Waals surface area contributed by atoms with Crippen LogP contribution in [-0.2, 0) is 5.41 Å². The zero-order valence-electron chi connectivity index (χ0n) is 16.6. The molecule has 1 fully saturated rings. The summed E-state index contributed by atoms with van der Waals surface area (Å²) in [5, 5.41) is 5.04. The van der Waals surface area contributed by atoms with Gasteiger partial charge in [0.05, 0.1) is 0 Å². The summed E-state index contributed by atoms with van der Waals surface area (Å²) >= 11 is 1.80. The minimum atomic E-state index is 0. The number of rotatable bonds is 4. The quantitative estimate of drug-likeness (QED) is 0.428. The standard InChI is InChI=1S/C23H28N2S.BrH/c1-16(2)24-22-25(17(3)4)21(15-26-22)23(12-7-13-23)20-11-10-18-8-5-6-9-19(18)14-20;/h5-6,8-11,14-17H,7,12-13H2,1-4H3;1H. The van der Waals surface area contributed by atoms with Crippen LogP contribution in [0.3, 0.4) is 0 Å². The molecule has 27 heavy (non-hydrogen) atoms. The van der Waals surface area contributed by atoms with E-state index < -0.39 is 0 Å². The first-order chi connectivity index (χ1) is 12.5. The molecule has 2 aromatic carbocycles. The third-order valence-electron chi connectivity index (χ3n) is 5.63. The molecule has 0 saturated heterocycles. The van der Waals surface area contributed by atoms with Crippen molar-refractivity contribution in [2.45, 2.75) is 64.5 Å². The van der Waals surface area contributed by atoms with Crippen molar-refractivity contribution in [1.29, 1.82) is 0 Å². The predicted molar refractivity (Wildman–Crippen MR) is 122 cm³/mol. The SMILES string of the molecule is Br.CC(C)N=c1scc(C2(c3ccc4ccccc4c3)CCC2)n1C(C)C. The van der Waals surface area contributed by atoms with E-state index in [4.69, 9.17) is 4.99 Å². The van der Waals surface area contributed by atoms with E-state index >= 15 is 0 Å². The average Bonchev–Trinajstić information content (AvgIpc) is 2.97. The van der Waals surface area contributed by atoms with Gasteiger partial charge >= 0.3 is 0 Å². The van der Waals surface area contributed by atoms with Gasteiger partial charge in [-0.25, -0.2) is 0 Å². The molecule has 1 saturated carbocycles. The minimum absolute atomic E-state index is 0. The van der Waals surface area contributed by atoms with Gasteiger partial charge in [0.25, 0.3) is 0 Å². The fourth-order valence-corrected chi connectivity index (χ4v) is 5.44. The fraction of sp³-hybridized carbons (Fsp3) is 0.435. The van der Waals surface area contributed by atoms with Crippen molar-refractivity contribution < 1.29 is 0 Å². The monoisotopic (exact) mass is 444 g/mol. The minimum Gasteiger partial charge on any atom is -0.318 e. The van der Waals surface area contributed by atoms with Gasteiger partial charge in [-0.05, 0) is 56.9 Å². The van der Waals surface area contributed by atoms with Gasteiger partial charge in [-0.15, -0.1) is 28.3 Å². The van der Waals surface area contributed by atoms with Crippen molar-refractivity contribution >= 4 is 39.1 Å². The van der Waals surface area contributed by atoms with Crippen molar-refractivity contribution in [2.75, 3.05) is 0 Å². The Morgan fingerprint density at radius 3 is 2.30 bits per heavy atom. The van der Waals surface area contributed by atoms with E-state index in [1.807, 2.05) is 0 Å². The molecule has 1 aromatic heterocycles. The van der Waals surface area contributed by atoms with Crippen molar-refractivity contribution in [1.82, 2.24) is 4.57 Å². The number of thiazole rings is 1. The Bertz CT molecular complexity index is 993. The van der Waals surface area contributed by atoms with Crippen LogP contribution in [0.1, 0.15) is 64.3 Å². The highest BCUT2D eigenvalue weighted by molar-refractivity contribution is 8.93. The lowest BCUT2D eigenvalue weighted by atomic mass is 9.62. The van der Waals surface area contributed by atoms with Gasteiger partial charge in [-0.2, -0.15) is 0 Å². The summed E-state index contributed by atoms with van der Waals surface area (Å²) in [6.45, 7) is 8.88. The molecule has 0 amide bonds. The normalized spacial score (nSPS) is 16.6. The Kier molecular flexibility index (Phi) is 5.97. The average molecular weight is 445 g/mol. The molecule has 0 bridgehead atoms. The first-order valence-electron chi connectivity index (χ1n) is 9.75. The van der Waals surface area contributed by atoms with E-state index in [-0.39, 0.29) is 22.4 Å². The number of aromatic nitrogens is 1. The Hall–Kier alpha value is -1.39. The lowest BCUT2D eigenvalue weighted by Gasteiger charge is -2.43. The van der Waals surface area contributed by atoms with Crippen LogP contribution in [0.5, 0.6) is 0 Å². The van der Waals surface area contributed by atoms with Crippen LogP contribution in [0.15, 0.2) is 52.8 Å². The molecule has 0 spiro atoms. The second kappa shape index (κ2) is 7.92. The van der Waals surface area contributed by atoms with E-state index in [2.05, 4.69) is 80.1 Å². The molecule has 0 aliphatic heterocycles. The Balaban J connectivity index is 0.00000210. The molecular formula is C23H29BrN2S. The Labute approximate surface area is 176 Å². The molecule has 0 radical (unpaired) electrons. The van der Waals surface area contributed by atoms with Crippen LogP contribution in [0, 0.1) is 0 Å². The zero-order valence-corrected chi connectivity index (χ0v) is 19.1. The molecule has 1 aliphatic carbocycles. The summed E-state index contributed by atoms with van der Waals surface area (Å²) in [5.74, 6) is 0. The predicted octanol–water partition coefficient (Wildman–Crippen LogP) is 6.64. The van der Waals surface area contributed by atoms with Gasteiger partial charge in [0.1, 0.15) is 0 Å². The number of hydrogen-bond acceptors (Lipinski definition) is 2. The molecule has 1 heterocycles. The zero-order chi connectivity index (χ0) is 18.3. The van der Waals surface area contributed by atoms with Gasteiger partial charge in [0, 0.05) is 28.6 Å². The second-order valence-corrected chi connectivity index (χ2v) is 8.92. The molecule has 4 rings (SSSR count). The van der Waals surface area contributed by atoms with E-state index in [0.29, 0.717) is 12.1 Å². The third-order valence-corrected chi connectivity index (χ3v) is 6.48. The van der Waals surface area contributed by atoms with E-state index in [1.54, 1.807) is 11.3 Å². The van der Waals surface area contributed by atoms with Crippen molar-refractivity contribution in [3.63, 3.8) is 0 Å². The maximum atomic E-state index is 4.90. The molecule has 4 heteroatoms. The first-order valence-corrected chi connectivity index (χ1v) is 10.6. The van der Waals surface area contributed by atoms with Crippen LogP contribution in [0.2, 0.25) is 0 Å². The molecule has 2 nitrogen and oxygen atoms in total. The largest absolute Gasteiger partial charge is 0.318 e. The highest BCUT2D eigenvalue weighted by atomic mass is 79.9. The van der Waals surface area contributed by atoms with Gasteiger partial charge in [0.15, 0.2) is 4.80 Å². The van der Waals surface area contributed by atoms with Crippen LogP contribution < -0.4 is 4.80 Å². The Morgan fingerprint density at radius 1 is 1.00 bits per heavy atom. The molecule has 3 aromatic rings. The van der Waals surface area contributed by atoms with Crippen molar-refractivity contribution in [2.24, 2.45) is 4.99 Å². The van der Waals surface area contributed by atoms with E-state index in [9.17, 15) is 0 Å². The van der Waals surface area contributed by atoms with Crippen LogP contribution in [0.25, 0.3) is 10.8 Å². The van der Waals surface area contributed by atoms with Crippen molar-refractivity contribution in [3.8, 4) is 0 Å². The lowest BCUT2D eigenvalue weighted by Crippen LogP contribution is -2.39. The van der Waals surface area contributed by atoms with E-state index in [0.717, 1.165) is 4.80 Å². The van der Waals surface area contributed by atoms with Gasteiger partial charge < -0.3 is 4.57 Å². The molecule has 0 unspecified atom stereocenters. The van der Waals surface area contributed by atoms with Crippen LogP contribution >= 0.6 is 28.3 Å². The third kappa shape index (κ3) is 3.54. The summed E-state index contributed by atoms with van der Waals surface area (Å²) in [4.78, 5) is 6.06. The van der Waals surface area contributed by atoms with Gasteiger partial charge in [0.2, 0.25) is 0 Å². The molecular weight excluding hydrogens is 416 g/mol. The highest BCUT2D eigenvalue weighted by Crippen LogP contribution is 2.50. The summed E-state index contributed by atoms with van der Waals surface area (Å²) < 4.78 is 2.49. The number of hydrogen-bond donors (Lipinski definition) is 0. The van der Waals surface area contributed by atoms with Crippen molar-refractivity contribution in [3.05, 3.63) is 63.9 Å². The number of fused-ring (bicyclic) bond motifs is 1. The number of benzene rings is 2. The number of halogens is 1. The number of nitrogens with zero attached hydrogens (tertiary/aromatic N) is 2. The van der Waals surface area contributed by atoms with Gasteiger partial charge in [-0.3, -0.25) is 4.99 Å². The van der Waals surface area contributed by atoms with Gasteiger partial charge in [-0.1, -0.05) is 48.9 Å². The second-order valence-electron chi connectivity index (χ2n) is 8.09. The highest BCUT2D eigenvalue weighted by Gasteiger charge is 2.43. The smallest absolute Gasteiger partial charge is 0.185 e. The molecule has 0 N–H and O–H groups in total. The van der Waals surface area contributed by atoms with Crippen LogP contribution in [0.4, 0.5) is 0 Å².